The molecule has 1 aromatic heterocycles. The normalized spacial score (nSPS) is 18.0. The van der Waals surface area contributed by atoms with Crippen LogP contribution in [0.1, 0.15) is 43.6 Å². The van der Waals surface area contributed by atoms with Crippen molar-refractivity contribution < 1.29 is 18.5 Å². The molecule has 2 heterocycles. The lowest BCUT2D eigenvalue weighted by molar-refractivity contribution is 0.00578. The summed E-state index contributed by atoms with van der Waals surface area (Å²) in [5.74, 6) is -0.812. The van der Waals surface area contributed by atoms with Crippen molar-refractivity contribution in [2.45, 2.75) is 45.8 Å². The molecule has 2 aromatic rings. The number of benzene rings is 1. The second kappa shape index (κ2) is 6.48. The van der Waals surface area contributed by atoms with Crippen LogP contribution in [-0.2, 0) is 9.31 Å². The number of amides is 1. The first kappa shape index (κ1) is 18.5. The predicted octanol–water partition coefficient (Wildman–Crippen LogP) is 3.08. The van der Waals surface area contributed by atoms with Crippen molar-refractivity contribution in [2.75, 3.05) is 5.32 Å². The van der Waals surface area contributed by atoms with Crippen LogP contribution >= 0.6 is 0 Å². The molecule has 7 heteroatoms. The topological polar surface area (TPSA) is 60.5 Å². The van der Waals surface area contributed by atoms with Gasteiger partial charge in [-0.3, -0.25) is 4.79 Å². The summed E-state index contributed by atoms with van der Waals surface area (Å²) in [5, 5.41) is 2.60. The highest BCUT2D eigenvalue weighted by Gasteiger charge is 2.51. The van der Waals surface area contributed by atoms with Gasteiger partial charge in [0.1, 0.15) is 11.6 Å². The molecule has 1 aromatic carbocycles. The van der Waals surface area contributed by atoms with Gasteiger partial charge in [-0.05, 0) is 69.9 Å². The highest BCUT2D eigenvalue weighted by atomic mass is 19.1. The molecule has 1 N–H and O–H groups in total. The molecule has 0 unspecified atom stereocenters. The van der Waals surface area contributed by atoms with Gasteiger partial charge < -0.3 is 14.6 Å². The molecule has 0 atom stereocenters. The average molecular weight is 356 g/mol. The fraction of sp³-hybridized carbons (Fsp3) is 0.368. The maximum absolute atomic E-state index is 14.5. The molecule has 1 saturated heterocycles. The molecule has 0 saturated carbocycles. The van der Waals surface area contributed by atoms with E-state index in [2.05, 4.69) is 10.3 Å². The van der Waals surface area contributed by atoms with Gasteiger partial charge in [-0.25, -0.2) is 9.37 Å². The van der Waals surface area contributed by atoms with Crippen LogP contribution in [0.2, 0.25) is 0 Å². The van der Waals surface area contributed by atoms with Gasteiger partial charge in [0.2, 0.25) is 0 Å². The second-order valence-electron chi connectivity index (χ2n) is 7.50. The fourth-order valence-electron chi connectivity index (χ4n) is 2.63. The lowest BCUT2D eigenvalue weighted by atomic mass is 9.78. The van der Waals surface area contributed by atoms with E-state index in [0.717, 1.165) is 5.56 Å². The van der Waals surface area contributed by atoms with Gasteiger partial charge in [0, 0.05) is 6.20 Å². The molecule has 1 fully saturated rings. The van der Waals surface area contributed by atoms with Crippen LogP contribution in [0.15, 0.2) is 36.5 Å². The number of aromatic nitrogens is 1. The van der Waals surface area contributed by atoms with Crippen LogP contribution in [0.5, 0.6) is 0 Å². The summed E-state index contributed by atoms with van der Waals surface area (Å²) in [4.78, 5) is 16.4. The fourth-order valence-corrected chi connectivity index (χ4v) is 2.63. The number of halogens is 1. The van der Waals surface area contributed by atoms with E-state index < -0.39 is 30.0 Å². The van der Waals surface area contributed by atoms with Gasteiger partial charge in [0.25, 0.3) is 5.91 Å². The second-order valence-corrected chi connectivity index (χ2v) is 7.50. The number of carbonyl (C=O) groups is 1. The lowest BCUT2D eigenvalue weighted by Gasteiger charge is -2.32. The van der Waals surface area contributed by atoms with Gasteiger partial charge in [0.15, 0.2) is 0 Å². The lowest BCUT2D eigenvalue weighted by Crippen LogP contribution is -2.41. The summed E-state index contributed by atoms with van der Waals surface area (Å²) in [7, 11) is -0.676. The quantitative estimate of drug-likeness (QED) is 0.859. The van der Waals surface area contributed by atoms with Crippen LogP contribution in [0, 0.1) is 12.7 Å². The molecular formula is C19H22BFN2O3. The Morgan fingerprint density at radius 3 is 2.35 bits per heavy atom. The van der Waals surface area contributed by atoms with Crippen molar-refractivity contribution in [1.29, 1.82) is 0 Å². The van der Waals surface area contributed by atoms with Gasteiger partial charge >= 0.3 is 7.12 Å². The maximum Gasteiger partial charge on any atom is 0.494 e. The average Bonchev–Trinajstić information content (AvgIpc) is 2.75. The summed E-state index contributed by atoms with van der Waals surface area (Å²) in [6.45, 7) is 9.61. The first-order valence-corrected chi connectivity index (χ1v) is 8.48. The predicted molar refractivity (Wildman–Crippen MR) is 99.0 cm³/mol. The van der Waals surface area contributed by atoms with Crippen molar-refractivity contribution in [1.82, 2.24) is 4.98 Å². The number of nitrogens with one attached hydrogen (secondary N) is 1. The minimum Gasteiger partial charge on any atom is -0.399 e. The number of anilines is 1. The van der Waals surface area contributed by atoms with Gasteiger partial charge in [0.05, 0.1) is 16.8 Å². The Hall–Kier alpha value is -2.25. The molecule has 1 aliphatic rings. The summed E-state index contributed by atoms with van der Waals surface area (Å²) in [5.41, 5.74) is 0.397. The van der Waals surface area contributed by atoms with Crippen molar-refractivity contribution in [2.24, 2.45) is 0 Å². The van der Waals surface area contributed by atoms with Crippen LogP contribution in [-0.4, -0.2) is 29.2 Å². The van der Waals surface area contributed by atoms with E-state index >= 15 is 0 Å². The maximum atomic E-state index is 14.5. The van der Waals surface area contributed by atoms with Crippen molar-refractivity contribution in [3.05, 3.63) is 53.5 Å². The summed E-state index contributed by atoms with van der Waals surface area (Å²) < 4.78 is 26.4. The Kier molecular flexibility index (Phi) is 4.62. The molecule has 0 radical (unpaired) electrons. The van der Waals surface area contributed by atoms with E-state index in [9.17, 15) is 9.18 Å². The number of aryl methyl sites for hydroxylation is 1. The Balaban J connectivity index is 1.79. The first-order chi connectivity index (χ1) is 12.1. The van der Waals surface area contributed by atoms with E-state index in [1.807, 2.05) is 40.7 Å². The van der Waals surface area contributed by atoms with Gasteiger partial charge in [-0.2, -0.15) is 0 Å². The molecular weight excluding hydrogens is 334 g/mol. The molecule has 0 spiro atoms. The minimum atomic E-state index is -0.676. The number of hydrogen-bond donors (Lipinski definition) is 1. The zero-order chi connectivity index (χ0) is 19.1. The summed E-state index contributed by atoms with van der Waals surface area (Å²) in [6, 6.07) is 7.88. The van der Waals surface area contributed by atoms with Crippen molar-refractivity contribution in [3.63, 3.8) is 0 Å². The van der Waals surface area contributed by atoms with E-state index in [-0.39, 0.29) is 5.56 Å². The number of rotatable bonds is 3. The van der Waals surface area contributed by atoms with E-state index in [1.54, 1.807) is 18.3 Å². The van der Waals surface area contributed by atoms with Crippen molar-refractivity contribution >= 4 is 24.3 Å². The molecule has 1 amide bonds. The zero-order valence-electron chi connectivity index (χ0n) is 15.6. The molecule has 5 nitrogen and oxygen atoms in total. The third kappa shape index (κ3) is 3.50. The Labute approximate surface area is 153 Å². The van der Waals surface area contributed by atoms with E-state index in [0.29, 0.717) is 11.3 Å². The molecule has 3 rings (SSSR count). The summed E-state index contributed by atoms with van der Waals surface area (Å²) >= 11 is 0. The first-order valence-electron chi connectivity index (χ1n) is 8.48. The van der Waals surface area contributed by atoms with Gasteiger partial charge in [-0.1, -0.05) is 6.07 Å². The monoisotopic (exact) mass is 356 g/mol. The third-order valence-electron chi connectivity index (χ3n) is 4.92. The van der Waals surface area contributed by atoms with Gasteiger partial charge in [-0.15, -0.1) is 0 Å². The SMILES string of the molecule is Cc1ccnc(NC(=O)c2ccc(B3OC(C)(C)C(C)(C)O3)cc2F)c1. The summed E-state index contributed by atoms with van der Waals surface area (Å²) in [6.07, 6.45) is 1.59. The van der Waals surface area contributed by atoms with Crippen LogP contribution < -0.4 is 10.8 Å². The smallest absolute Gasteiger partial charge is 0.399 e. The Bertz CT molecular complexity index is 838. The Morgan fingerprint density at radius 2 is 1.77 bits per heavy atom. The number of carbonyl (C=O) groups excluding carboxylic acids is 1. The molecule has 1 aliphatic heterocycles. The number of nitrogens with zero attached hydrogens (tertiary/aromatic N) is 1. The highest BCUT2D eigenvalue weighted by molar-refractivity contribution is 6.62. The third-order valence-corrected chi connectivity index (χ3v) is 4.92. The Morgan fingerprint density at radius 1 is 1.12 bits per heavy atom. The van der Waals surface area contributed by atoms with Crippen LogP contribution in [0.25, 0.3) is 0 Å². The number of hydrogen-bond acceptors (Lipinski definition) is 4. The van der Waals surface area contributed by atoms with Crippen molar-refractivity contribution in [3.8, 4) is 0 Å². The number of pyridine rings is 1. The largest absolute Gasteiger partial charge is 0.494 e. The van der Waals surface area contributed by atoms with E-state index in [1.165, 1.54) is 12.1 Å². The highest BCUT2D eigenvalue weighted by Crippen LogP contribution is 2.36. The van der Waals surface area contributed by atoms with Crippen LogP contribution in [0.3, 0.4) is 0 Å². The molecule has 0 bridgehead atoms. The minimum absolute atomic E-state index is 0.0615. The molecule has 0 aliphatic carbocycles. The molecule has 26 heavy (non-hydrogen) atoms. The molecule has 136 valence electrons. The van der Waals surface area contributed by atoms with Crippen LogP contribution in [0.4, 0.5) is 10.2 Å². The van der Waals surface area contributed by atoms with E-state index in [4.69, 9.17) is 9.31 Å². The zero-order valence-corrected chi connectivity index (χ0v) is 15.6. The standard InChI is InChI=1S/C19H22BFN2O3/c1-12-8-9-22-16(10-12)23-17(24)14-7-6-13(11-15(14)21)20-25-18(2,3)19(4,5)26-20/h6-11H,1-5H3,(H,22,23,24).